The van der Waals surface area contributed by atoms with Crippen LogP contribution in [0.25, 0.3) is 0 Å². The van der Waals surface area contributed by atoms with Gasteiger partial charge in [-0.2, -0.15) is 5.10 Å². The average molecular weight is 264 g/mol. The zero-order valence-corrected chi connectivity index (χ0v) is 10.9. The molecule has 1 aromatic carbocycles. The number of halogens is 1. The fourth-order valence-electron chi connectivity index (χ4n) is 1.94. The number of rotatable bonds is 5. The molecule has 5 nitrogen and oxygen atoms in total. The Hall–Kier alpha value is -1.92. The number of aromatic nitrogens is 2. The molecule has 0 spiro atoms. The van der Waals surface area contributed by atoms with E-state index in [9.17, 15) is 4.39 Å². The zero-order chi connectivity index (χ0) is 13.8. The molecule has 2 rings (SSSR count). The molecule has 0 aliphatic heterocycles. The van der Waals surface area contributed by atoms with Crippen molar-refractivity contribution in [2.24, 2.45) is 5.84 Å². The predicted octanol–water partition coefficient (Wildman–Crippen LogP) is 1.60. The van der Waals surface area contributed by atoms with Crippen molar-refractivity contribution in [3.8, 4) is 5.75 Å². The van der Waals surface area contributed by atoms with Gasteiger partial charge in [0, 0.05) is 29.9 Å². The van der Waals surface area contributed by atoms with Crippen LogP contribution in [-0.4, -0.2) is 16.9 Å². The summed E-state index contributed by atoms with van der Waals surface area (Å²) in [6, 6.07) is 4.25. The maximum atomic E-state index is 14.0. The second-order valence-electron chi connectivity index (χ2n) is 4.12. The summed E-state index contributed by atoms with van der Waals surface area (Å²) < 4.78 is 20.8. The SMILES string of the molecule is CCn1cc(C(NN)c2ccc(OC)cc2F)cn1. The normalized spacial score (nSPS) is 12.4. The Labute approximate surface area is 111 Å². The number of nitrogens with one attached hydrogen (secondary N) is 1. The summed E-state index contributed by atoms with van der Waals surface area (Å²) in [6.45, 7) is 2.73. The summed E-state index contributed by atoms with van der Waals surface area (Å²) in [5.74, 6) is 5.65. The molecular formula is C13H17FN4O. The van der Waals surface area contributed by atoms with Gasteiger partial charge < -0.3 is 4.74 Å². The lowest BCUT2D eigenvalue weighted by atomic mass is 10.0. The summed E-state index contributed by atoms with van der Waals surface area (Å²) in [5.41, 5.74) is 3.89. The number of hydrogen-bond donors (Lipinski definition) is 2. The molecule has 1 unspecified atom stereocenters. The van der Waals surface area contributed by atoms with Crippen LogP contribution in [-0.2, 0) is 6.54 Å². The summed E-state index contributed by atoms with van der Waals surface area (Å²) in [6.07, 6.45) is 3.52. The van der Waals surface area contributed by atoms with Crippen LogP contribution in [0.3, 0.4) is 0 Å². The summed E-state index contributed by atoms with van der Waals surface area (Å²) in [7, 11) is 1.50. The Morgan fingerprint density at radius 3 is 2.84 bits per heavy atom. The van der Waals surface area contributed by atoms with Gasteiger partial charge in [-0.15, -0.1) is 0 Å². The van der Waals surface area contributed by atoms with E-state index in [1.807, 2.05) is 13.1 Å². The van der Waals surface area contributed by atoms with Crippen LogP contribution in [0.2, 0.25) is 0 Å². The van der Waals surface area contributed by atoms with E-state index in [0.717, 1.165) is 12.1 Å². The van der Waals surface area contributed by atoms with E-state index in [2.05, 4.69) is 10.5 Å². The van der Waals surface area contributed by atoms with Gasteiger partial charge in [0.2, 0.25) is 0 Å². The highest BCUT2D eigenvalue weighted by atomic mass is 19.1. The molecule has 0 amide bonds. The lowest BCUT2D eigenvalue weighted by Gasteiger charge is -2.16. The summed E-state index contributed by atoms with van der Waals surface area (Å²) in [5, 5.41) is 4.17. The number of hydrogen-bond acceptors (Lipinski definition) is 4. The number of ether oxygens (including phenoxy) is 1. The Morgan fingerprint density at radius 1 is 1.53 bits per heavy atom. The number of benzene rings is 1. The summed E-state index contributed by atoms with van der Waals surface area (Å²) in [4.78, 5) is 0. The molecule has 102 valence electrons. The fourth-order valence-corrected chi connectivity index (χ4v) is 1.94. The van der Waals surface area contributed by atoms with E-state index >= 15 is 0 Å². The number of methoxy groups -OCH3 is 1. The molecule has 0 bridgehead atoms. The molecule has 2 aromatic rings. The molecule has 0 aliphatic carbocycles. The Morgan fingerprint density at radius 2 is 2.32 bits per heavy atom. The lowest BCUT2D eigenvalue weighted by molar-refractivity contribution is 0.410. The highest BCUT2D eigenvalue weighted by molar-refractivity contribution is 5.35. The van der Waals surface area contributed by atoms with Gasteiger partial charge in [-0.1, -0.05) is 6.07 Å². The van der Waals surface area contributed by atoms with Crippen LogP contribution in [0.15, 0.2) is 30.6 Å². The van der Waals surface area contributed by atoms with Crippen LogP contribution in [0.1, 0.15) is 24.1 Å². The van der Waals surface area contributed by atoms with Crippen LogP contribution < -0.4 is 16.0 Å². The van der Waals surface area contributed by atoms with E-state index < -0.39 is 6.04 Å². The molecule has 1 heterocycles. The quantitative estimate of drug-likeness (QED) is 0.636. The van der Waals surface area contributed by atoms with Crippen LogP contribution >= 0.6 is 0 Å². The molecule has 0 aliphatic rings. The molecule has 19 heavy (non-hydrogen) atoms. The molecule has 6 heteroatoms. The molecule has 1 atom stereocenters. The molecule has 0 saturated heterocycles. The minimum absolute atomic E-state index is 0.369. The van der Waals surface area contributed by atoms with Gasteiger partial charge in [-0.25, -0.2) is 9.82 Å². The first kappa shape index (κ1) is 13.5. The number of aryl methyl sites for hydroxylation is 1. The first-order chi connectivity index (χ1) is 9.19. The smallest absolute Gasteiger partial charge is 0.132 e. The van der Waals surface area contributed by atoms with Gasteiger partial charge in [0.15, 0.2) is 0 Å². The van der Waals surface area contributed by atoms with Crippen molar-refractivity contribution in [3.05, 3.63) is 47.5 Å². The first-order valence-electron chi connectivity index (χ1n) is 6.01. The van der Waals surface area contributed by atoms with Gasteiger partial charge in [-0.3, -0.25) is 10.5 Å². The van der Waals surface area contributed by atoms with Crippen molar-refractivity contribution in [1.29, 1.82) is 0 Å². The first-order valence-corrected chi connectivity index (χ1v) is 6.01. The second kappa shape index (κ2) is 5.81. The van der Waals surface area contributed by atoms with E-state index in [0.29, 0.717) is 11.3 Å². The third kappa shape index (κ3) is 2.74. The average Bonchev–Trinajstić information content (AvgIpc) is 2.90. The van der Waals surface area contributed by atoms with E-state index in [4.69, 9.17) is 10.6 Å². The Kier molecular flexibility index (Phi) is 4.13. The van der Waals surface area contributed by atoms with Crippen molar-refractivity contribution in [1.82, 2.24) is 15.2 Å². The van der Waals surface area contributed by atoms with Gasteiger partial charge in [0.1, 0.15) is 11.6 Å². The van der Waals surface area contributed by atoms with E-state index in [1.165, 1.54) is 13.2 Å². The van der Waals surface area contributed by atoms with Gasteiger partial charge in [0.25, 0.3) is 0 Å². The lowest BCUT2D eigenvalue weighted by Crippen LogP contribution is -2.29. The van der Waals surface area contributed by atoms with Gasteiger partial charge >= 0.3 is 0 Å². The fraction of sp³-hybridized carbons (Fsp3) is 0.308. The maximum absolute atomic E-state index is 14.0. The summed E-state index contributed by atoms with van der Waals surface area (Å²) >= 11 is 0. The Bertz CT molecular complexity index is 555. The third-order valence-corrected chi connectivity index (χ3v) is 3.00. The van der Waals surface area contributed by atoms with Crippen LogP contribution in [0.5, 0.6) is 5.75 Å². The minimum Gasteiger partial charge on any atom is -0.497 e. The second-order valence-corrected chi connectivity index (χ2v) is 4.12. The van der Waals surface area contributed by atoms with Crippen molar-refractivity contribution in [2.45, 2.75) is 19.5 Å². The molecule has 0 radical (unpaired) electrons. The van der Waals surface area contributed by atoms with Crippen LogP contribution in [0.4, 0.5) is 4.39 Å². The third-order valence-electron chi connectivity index (χ3n) is 3.00. The number of nitrogens with two attached hydrogens (primary N) is 1. The molecule has 0 saturated carbocycles. The predicted molar refractivity (Wildman–Crippen MR) is 70.0 cm³/mol. The van der Waals surface area contributed by atoms with E-state index in [-0.39, 0.29) is 5.82 Å². The zero-order valence-electron chi connectivity index (χ0n) is 10.9. The number of nitrogens with zero attached hydrogens (tertiary/aromatic N) is 2. The van der Waals surface area contributed by atoms with E-state index in [1.54, 1.807) is 23.0 Å². The largest absolute Gasteiger partial charge is 0.497 e. The highest BCUT2D eigenvalue weighted by Gasteiger charge is 2.18. The molecule has 1 aromatic heterocycles. The molecule has 3 N–H and O–H groups in total. The highest BCUT2D eigenvalue weighted by Crippen LogP contribution is 2.26. The monoisotopic (exact) mass is 264 g/mol. The molecule has 0 fully saturated rings. The van der Waals surface area contributed by atoms with Crippen molar-refractivity contribution in [3.63, 3.8) is 0 Å². The standard InChI is InChI=1S/C13H17FN4O/c1-3-18-8-9(7-16-18)13(17-15)11-5-4-10(19-2)6-12(11)14/h4-8,13,17H,3,15H2,1-2H3. The topological polar surface area (TPSA) is 65.1 Å². The van der Waals surface area contributed by atoms with Crippen molar-refractivity contribution < 1.29 is 9.13 Å². The van der Waals surface area contributed by atoms with Crippen molar-refractivity contribution in [2.75, 3.05) is 7.11 Å². The number of hydrazine groups is 1. The van der Waals surface area contributed by atoms with Crippen molar-refractivity contribution >= 4 is 0 Å². The maximum Gasteiger partial charge on any atom is 0.132 e. The minimum atomic E-state index is -0.439. The van der Waals surface area contributed by atoms with Gasteiger partial charge in [-0.05, 0) is 13.0 Å². The molecular weight excluding hydrogens is 247 g/mol. The van der Waals surface area contributed by atoms with Gasteiger partial charge in [0.05, 0.1) is 19.3 Å². The van der Waals surface area contributed by atoms with Crippen LogP contribution in [0, 0.1) is 5.82 Å². The Balaban J connectivity index is 2.36.